The van der Waals surface area contributed by atoms with Gasteiger partial charge in [0.25, 0.3) is 0 Å². The van der Waals surface area contributed by atoms with Crippen molar-refractivity contribution in [3.63, 3.8) is 0 Å². The number of aromatic amines is 1. The number of fused-ring (bicyclic) bond motifs is 3. The number of carbonyl (C=O) groups is 4. The van der Waals surface area contributed by atoms with Gasteiger partial charge in [-0.25, -0.2) is 24.6 Å². The molecular formula is C65H73Cl5I4N18O7. The van der Waals surface area contributed by atoms with Crippen molar-refractivity contribution in [3.8, 4) is 17.2 Å². The molecule has 0 bridgehead atoms. The Morgan fingerprint density at radius 1 is 0.535 bits per heavy atom. The Bertz CT molecular complexity index is 4270. The lowest BCUT2D eigenvalue weighted by atomic mass is 10.2. The number of piperazine rings is 3. The van der Waals surface area contributed by atoms with E-state index < -0.39 is 0 Å². The molecule has 13 rings (SSSR count). The zero-order chi connectivity index (χ0) is 69.7. The van der Waals surface area contributed by atoms with E-state index in [1.165, 1.54) is 3.57 Å². The van der Waals surface area contributed by atoms with E-state index in [0.29, 0.717) is 89.1 Å². The van der Waals surface area contributed by atoms with Gasteiger partial charge in [-0.05, 0) is 151 Å². The maximum Gasteiger partial charge on any atom is 0.244 e. The summed E-state index contributed by atoms with van der Waals surface area (Å²) in [7, 11) is 4.81. The molecule has 10 aromatic rings. The van der Waals surface area contributed by atoms with Crippen molar-refractivity contribution in [1.82, 2.24) is 64.4 Å². The third-order valence-electron chi connectivity index (χ3n) is 15.3. The van der Waals surface area contributed by atoms with Gasteiger partial charge in [-0.3, -0.25) is 40.6 Å². The Kier molecular flexibility index (Phi) is 33.4. The summed E-state index contributed by atoms with van der Waals surface area (Å²) in [5, 5.41) is 20.5. The number of rotatable bonds is 12. The SMILES string of the molecule is C.C.COc1cc(N2CCN(C(=O)CCl)CC2)ccc1Cl.COc1cc(N2CCN(C(=O)Cn3cc4c(I)ccnc4n3)CC2)ccc1Cl.COc1cc(N2CCN(C(=O)Cn3ncc4c(I)ccnc43)CC2)ccc1Cl.Ic1ccnc2[nH]ncc12.NN.O=Cc1c(I)ccnc1Cl. The van der Waals surface area contributed by atoms with Crippen LogP contribution in [0.4, 0.5) is 17.1 Å². The summed E-state index contributed by atoms with van der Waals surface area (Å²) in [4.78, 5) is 75.9. The number of hydrazine groups is 1. The molecule has 0 radical (unpaired) electrons. The van der Waals surface area contributed by atoms with Crippen LogP contribution in [-0.2, 0) is 27.5 Å². The van der Waals surface area contributed by atoms with Gasteiger partial charge >= 0.3 is 0 Å². The molecule has 0 spiro atoms. The molecular weight excluding hydrogens is 1830 g/mol. The molecule has 3 saturated heterocycles. The lowest BCUT2D eigenvalue weighted by Crippen LogP contribution is -2.49. The van der Waals surface area contributed by atoms with Gasteiger partial charge in [0, 0.05) is 159 Å². The molecule has 0 saturated carbocycles. The summed E-state index contributed by atoms with van der Waals surface area (Å²) in [5.74, 6) is 10.1. The highest BCUT2D eigenvalue weighted by molar-refractivity contribution is 14.1. The minimum atomic E-state index is -0.00463. The molecule has 10 heterocycles. The summed E-state index contributed by atoms with van der Waals surface area (Å²) in [6.07, 6.45) is 12.9. The van der Waals surface area contributed by atoms with E-state index in [-0.39, 0.29) is 56.7 Å². The molecule has 25 nitrogen and oxygen atoms in total. The summed E-state index contributed by atoms with van der Waals surface area (Å²) in [6, 6.07) is 24.8. The fraction of sp³-hybridized carbons (Fsp3) is 0.308. The first-order valence-corrected chi connectivity index (χ1v) is 35.9. The third-order valence-corrected chi connectivity index (χ3v) is 20.5. The molecule has 3 fully saturated rings. The van der Waals surface area contributed by atoms with Crippen molar-refractivity contribution in [1.29, 1.82) is 0 Å². The fourth-order valence-electron chi connectivity index (χ4n) is 10.2. The van der Waals surface area contributed by atoms with Crippen LogP contribution >= 0.6 is 148 Å². The first-order chi connectivity index (χ1) is 46.9. The Morgan fingerprint density at radius 3 is 1.39 bits per heavy atom. The number of nitrogens with two attached hydrogens (primary N) is 2. The smallest absolute Gasteiger partial charge is 0.244 e. The first-order valence-electron chi connectivity index (χ1n) is 29.5. The number of benzene rings is 3. The van der Waals surface area contributed by atoms with E-state index in [2.05, 4.69) is 134 Å². The lowest BCUT2D eigenvalue weighted by molar-refractivity contribution is -0.133. The average molecular weight is 1900 g/mol. The van der Waals surface area contributed by atoms with Gasteiger partial charge < -0.3 is 43.6 Å². The summed E-state index contributed by atoms with van der Waals surface area (Å²) >= 11 is 38.2. The lowest BCUT2D eigenvalue weighted by Gasteiger charge is -2.36. The van der Waals surface area contributed by atoms with Crippen molar-refractivity contribution in [3.05, 3.63) is 162 Å². The third kappa shape index (κ3) is 21.9. The van der Waals surface area contributed by atoms with Gasteiger partial charge in [-0.15, -0.1) is 11.6 Å². The van der Waals surface area contributed by atoms with Gasteiger partial charge in [-0.2, -0.15) is 15.3 Å². The Balaban J connectivity index is 0.000000203. The largest absolute Gasteiger partial charge is 0.495 e. The van der Waals surface area contributed by atoms with Crippen molar-refractivity contribution >= 4 is 223 Å². The van der Waals surface area contributed by atoms with Gasteiger partial charge in [-0.1, -0.05) is 61.3 Å². The number of hydrogen-bond acceptors (Lipinski definition) is 19. The average Bonchev–Trinajstić information content (AvgIpc) is 1.18. The van der Waals surface area contributed by atoms with Crippen molar-refractivity contribution < 1.29 is 33.4 Å². The summed E-state index contributed by atoms with van der Waals surface area (Å²) in [5.41, 5.74) is 5.88. The Labute approximate surface area is 653 Å². The van der Waals surface area contributed by atoms with E-state index in [4.69, 9.17) is 72.2 Å². The number of aldehydes is 1. The zero-order valence-electron chi connectivity index (χ0n) is 52.4. The molecule has 0 atom stereocenters. The van der Waals surface area contributed by atoms with Crippen LogP contribution in [-0.4, -0.2) is 194 Å². The number of pyridine rings is 4. The van der Waals surface area contributed by atoms with E-state index in [9.17, 15) is 19.2 Å². The fourth-order valence-corrected chi connectivity index (χ4v) is 13.5. The highest BCUT2D eigenvalue weighted by Crippen LogP contribution is 2.33. The number of H-pyrrole nitrogens is 1. The number of halogens is 9. The number of aromatic nitrogens is 10. The molecule has 528 valence electrons. The molecule has 5 N–H and O–H groups in total. The molecule has 34 heteroatoms. The van der Waals surface area contributed by atoms with Crippen LogP contribution in [0.2, 0.25) is 20.2 Å². The topological polar surface area (TPSA) is 283 Å². The molecule has 0 unspecified atom stereocenters. The van der Waals surface area contributed by atoms with E-state index in [1.54, 1.807) is 78.8 Å². The van der Waals surface area contributed by atoms with E-state index in [0.717, 1.165) is 94.5 Å². The number of ether oxygens (including phenoxy) is 3. The maximum absolute atomic E-state index is 12.8. The number of nitrogens with zero attached hydrogens (tertiary/aromatic N) is 15. The van der Waals surface area contributed by atoms with Gasteiger partial charge in [0.1, 0.15) is 41.4 Å². The van der Waals surface area contributed by atoms with Crippen molar-refractivity contribution in [2.75, 3.05) is 120 Å². The first kappa shape index (κ1) is 81.8. The van der Waals surface area contributed by atoms with Gasteiger partial charge in [0.15, 0.2) is 23.2 Å². The number of anilines is 3. The standard InChI is InChI=1S/2C19H19ClIN5O2.C13H16Cl2N2O2.C6H3ClINO.C6H4IN3.2CH4.H4N2/c1-28-17-10-13(2-3-15(17)20)24-6-8-25(9-7-24)18(27)12-26-11-14-16(21)4-5-22-19(14)23-26;1-28-17-10-13(2-3-15(17)20)24-6-8-25(9-7-24)18(27)12-26-19-14(11-23-26)16(21)4-5-22-19;1-19-12-8-10(2-3-11(12)15)16-4-6-17(7-5-16)13(18)9-14;7-6-4(3-10)5(8)1-2-9-6;7-5-1-2-8-6-4(5)3-9-10-6;;;1-2/h2*2-5,10-11H,6-9,12H2,1H3;2-3,8H,4-7,9H2,1H3;1-3H;1-3H,(H,8,9,10);2*1H4;1-2H2. The summed E-state index contributed by atoms with van der Waals surface area (Å²) < 4.78 is 23.3. The minimum Gasteiger partial charge on any atom is -0.495 e. The molecule has 3 amide bonds. The molecule has 3 aliphatic rings. The number of amides is 3. The predicted molar refractivity (Wildman–Crippen MR) is 427 cm³/mol. The van der Waals surface area contributed by atoms with Crippen LogP contribution in [0.15, 0.2) is 122 Å². The zero-order valence-corrected chi connectivity index (χ0v) is 64.8. The number of methoxy groups -OCH3 is 3. The molecule has 99 heavy (non-hydrogen) atoms. The second-order valence-electron chi connectivity index (χ2n) is 20.9. The van der Waals surface area contributed by atoms with Crippen LogP contribution in [0.5, 0.6) is 17.2 Å². The molecule has 7 aromatic heterocycles. The van der Waals surface area contributed by atoms with Crippen LogP contribution in [0.1, 0.15) is 25.2 Å². The molecule has 3 aromatic carbocycles. The molecule has 3 aliphatic heterocycles. The molecule has 0 aliphatic carbocycles. The monoisotopic (exact) mass is 1900 g/mol. The van der Waals surface area contributed by atoms with Crippen LogP contribution in [0.3, 0.4) is 0 Å². The highest BCUT2D eigenvalue weighted by Gasteiger charge is 2.26. The van der Waals surface area contributed by atoms with Crippen LogP contribution in [0, 0.1) is 14.3 Å². The van der Waals surface area contributed by atoms with E-state index >= 15 is 0 Å². The van der Waals surface area contributed by atoms with Crippen molar-refractivity contribution in [2.24, 2.45) is 11.7 Å². The second kappa shape index (κ2) is 40.5. The van der Waals surface area contributed by atoms with Crippen LogP contribution in [0.25, 0.3) is 33.1 Å². The highest BCUT2D eigenvalue weighted by atomic mass is 127. The number of nitrogens with one attached hydrogen (secondary N) is 1. The van der Waals surface area contributed by atoms with Crippen LogP contribution < -0.4 is 40.6 Å². The number of carbonyl (C=O) groups excluding carboxylic acids is 4. The predicted octanol–water partition coefficient (Wildman–Crippen LogP) is 12.1. The summed E-state index contributed by atoms with van der Waals surface area (Å²) in [6.45, 7) is 9.07. The van der Waals surface area contributed by atoms with Crippen molar-refractivity contribution in [2.45, 2.75) is 27.9 Å². The van der Waals surface area contributed by atoms with Gasteiger partial charge in [0.05, 0.1) is 70.5 Å². The normalized spacial score (nSPS) is 13.3. The minimum absolute atomic E-state index is 0. The second-order valence-corrected chi connectivity index (χ2v) is 27.4. The maximum atomic E-state index is 12.8. The Morgan fingerprint density at radius 2 is 0.960 bits per heavy atom. The Hall–Kier alpha value is -6.16. The number of alkyl halides is 1. The van der Waals surface area contributed by atoms with E-state index in [1.807, 2.05) is 111 Å². The quantitative estimate of drug-likeness (QED) is 0.0256. The number of hydrogen-bond donors (Lipinski definition) is 3. The van der Waals surface area contributed by atoms with Gasteiger partial charge in [0.2, 0.25) is 17.7 Å².